The van der Waals surface area contributed by atoms with E-state index in [0.717, 1.165) is 18.3 Å². The number of hydrogen-bond acceptors (Lipinski definition) is 5. The van der Waals surface area contributed by atoms with E-state index >= 15 is 0 Å². The fourth-order valence-electron chi connectivity index (χ4n) is 2.45. The second kappa shape index (κ2) is 5.78. The fourth-order valence-corrected chi connectivity index (χ4v) is 3.89. The summed E-state index contributed by atoms with van der Waals surface area (Å²) in [5, 5.41) is 13.9. The van der Waals surface area contributed by atoms with Crippen molar-refractivity contribution in [1.29, 1.82) is 0 Å². The summed E-state index contributed by atoms with van der Waals surface area (Å²) in [7, 11) is -6.52. The molecule has 6 nitrogen and oxygen atoms in total. The molecule has 25 heavy (non-hydrogen) atoms. The quantitative estimate of drug-likeness (QED) is 0.610. The molecule has 0 saturated heterocycles. The maximum Gasteiger partial charge on any atom is 0.484 e. The number of nitrogens with two attached hydrogens (primary N) is 1. The highest BCUT2D eigenvalue weighted by molar-refractivity contribution is 7.90. The molecule has 1 aliphatic heterocycles. The van der Waals surface area contributed by atoms with E-state index in [1.807, 2.05) is 0 Å². The molecule has 0 amide bonds. The Morgan fingerprint density at radius 2 is 1.84 bits per heavy atom. The van der Waals surface area contributed by atoms with Gasteiger partial charge < -0.3 is 10.8 Å². The summed E-state index contributed by atoms with van der Waals surface area (Å²) in [6.45, 7) is 0. The number of hydrazone groups is 1. The molecule has 1 heterocycles. The molecule has 130 valence electrons. The van der Waals surface area contributed by atoms with Crippen LogP contribution >= 0.6 is 0 Å². The SMILES string of the molecule is Nc1ccc(S(=O)(=O)N2N=Cc3ccccc3B2O)c(C(F)(F)F)c1. The monoisotopic (exact) mass is 369 g/mol. The van der Waals surface area contributed by atoms with Crippen molar-refractivity contribution >= 4 is 34.4 Å². The Kier molecular flexibility index (Phi) is 4.00. The molecule has 0 saturated carbocycles. The van der Waals surface area contributed by atoms with E-state index in [-0.39, 0.29) is 15.5 Å². The largest absolute Gasteiger partial charge is 0.484 e. The van der Waals surface area contributed by atoms with Crippen LogP contribution in [-0.4, -0.2) is 31.0 Å². The molecule has 0 fully saturated rings. The standard InChI is InChI=1S/C14H11BF3N3O3S/c16-14(17,18)11-7-10(19)5-6-13(11)25(23,24)21-15(22)12-4-2-1-3-9(12)8-20-21/h1-8,22H,19H2. The van der Waals surface area contributed by atoms with Crippen molar-refractivity contribution in [2.24, 2.45) is 5.10 Å². The zero-order chi connectivity index (χ0) is 18.4. The van der Waals surface area contributed by atoms with Crippen molar-refractivity contribution in [1.82, 2.24) is 4.33 Å². The first kappa shape index (κ1) is 17.3. The van der Waals surface area contributed by atoms with Gasteiger partial charge in [0.1, 0.15) is 4.90 Å². The van der Waals surface area contributed by atoms with Crippen molar-refractivity contribution in [2.45, 2.75) is 11.1 Å². The Labute approximate surface area is 141 Å². The third kappa shape index (κ3) is 2.96. The van der Waals surface area contributed by atoms with E-state index in [1.165, 1.54) is 6.07 Å². The second-order valence-corrected chi connectivity index (χ2v) is 7.04. The van der Waals surface area contributed by atoms with Crippen LogP contribution < -0.4 is 11.2 Å². The molecule has 0 atom stereocenters. The van der Waals surface area contributed by atoms with E-state index in [4.69, 9.17) is 5.73 Å². The number of nitrogens with zero attached hydrogens (tertiary/aromatic N) is 2. The minimum absolute atomic E-state index is 0.213. The number of fused-ring (bicyclic) bond motifs is 1. The molecular weight excluding hydrogens is 358 g/mol. The molecule has 3 rings (SSSR count). The molecule has 0 unspecified atom stereocenters. The maximum absolute atomic E-state index is 13.2. The van der Waals surface area contributed by atoms with Crippen molar-refractivity contribution in [2.75, 3.05) is 5.73 Å². The lowest BCUT2D eigenvalue weighted by molar-refractivity contribution is -0.139. The lowest BCUT2D eigenvalue weighted by Crippen LogP contribution is -2.52. The number of halogens is 3. The number of alkyl halides is 3. The summed E-state index contributed by atoms with van der Waals surface area (Å²) in [5.41, 5.74) is 4.37. The Morgan fingerprint density at radius 3 is 2.52 bits per heavy atom. The summed E-state index contributed by atoms with van der Waals surface area (Å²) in [5.74, 6) is 0. The first-order chi connectivity index (χ1) is 11.6. The summed E-state index contributed by atoms with van der Waals surface area (Å²) < 4.78 is 65.3. The van der Waals surface area contributed by atoms with Crippen LogP contribution in [0.25, 0.3) is 0 Å². The van der Waals surface area contributed by atoms with Crippen LogP contribution in [0, 0.1) is 0 Å². The average molecular weight is 369 g/mol. The number of benzene rings is 2. The van der Waals surface area contributed by atoms with Crippen LogP contribution in [0.2, 0.25) is 0 Å². The van der Waals surface area contributed by atoms with Gasteiger partial charge in [-0.1, -0.05) is 24.3 Å². The molecule has 0 bridgehead atoms. The predicted octanol–water partition coefficient (Wildman–Crippen LogP) is 1.01. The van der Waals surface area contributed by atoms with Gasteiger partial charge in [-0.05, 0) is 29.2 Å². The molecule has 1 aliphatic rings. The zero-order valence-electron chi connectivity index (χ0n) is 12.5. The summed E-state index contributed by atoms with van der Waals surface area (Å²) in [4.78, 5) is -1.04. The van der Waals surface area contributed by atoms with Gasteiger partial charge in [0.25, 0.3) is 10.0 Å². The van der Waals surface area contributed by atoms with Crippen LogP contribution in [0.15, 0.2) is 52.5 Å². The van der Waals surface area contributed by atoms with Gasteiger partial charge in [-0.25, -0.2) is 8.42 Å². The molecule has 0 aromatic heterocycles. The second-order valence-electron chi connectivity index (χ2n) is 5.28. The molecule has 3 N–H and O–H groups in total. The zero-order valence-corrected chi connectivity index (χ0v) is 13.3. The number of anilines is 1. The van der Waals surface area contributed by atoms with Gasteiger partial charge in [0, 0.05) is 5.69 Å². The van der Waals surface area contributed by atoms with Gasteiger partial charge >= 0.3 is 13.2 Å². The van der Waals surface area contributed by atoms with Crippen molar-refractivity contribution in [3.63, 3.8) is 0 Å². The van der Waals surface area contributed by atoms with Gasteiger partial charge in [-0.2, -0.15) is 22.6 Å². The first-order valence-electron chi connectivity index (χ1n) is 6.94. The summed E-state index contributed by atoms with van der Waals surface area (Å²) in [6.07, 6.45) is -3.79. The van der Waals surface area contributed by atoms with Gasteiger partial charge in [-0.15, -0.1) is 0 Å². The molecular formula is C14H11BF3N3O3S. The smallest absolute Gasteiger partial charge is 0.427 e. The van der Waals surface area contributed by atoms with E-state index < -0.39 is 33.7 Å². The molecule has 0 aliphatic carbocycles. The third-order valence-corrected chi connectivity index (χ3v) is 5.33. The molecule has 0 radical (unpaired) electrons. The lowest BCUT2D eigenvalue weighted by Gasteiger charge is -2.27. The van der Waals surface area contributed by atoms with Crippen LogP contribution in [0.3, 0.4) is 0 Å². The molecule has 11 heteroatoms. The summed E-state index contributed by atoms with van der Waals surface area (Å²) >= 11 is 0. The average Bonchev–Trinajstić information content (AvgIpc) is 2.54. The topological polar surface area (TPSA) is 96.0 Å². The number of hydrogen-bond donors (Lipinski definition) is 2. The highest BCUT2D eigenvalue weighted by Crippen LogP contribution is 2.36. The Balaban J connectivity index is 2.14. The molecule has 2 aromatic carbocycles. The summed E-state index contributed by atoms with van der Waals surface area (Å²) in [6, 6.07) is 8.59. The van der Waals surface area contributed by atoms with Crippen molar-refractivity contribution < 1.29 is 26.6 Å². The Morgan fingerprint density at radius 1 is 1.16 bits per heavy atom. The van der Waals surface area contributed by atoms with E-state index in [1.54, 1.807) is 18.2 Å². The van der Waals surface area contributed by atoms with Gasteiger partial charge in [0.15, 0.2) is 0 Å². The number of rotatable bonds is 2. The maximum atomic E-state index is 13.2. The lowest BCUT2D eigenvalue weighted by atomic mass is 9.72. The van der Waals surface area contributed by atoms with E-state index in [0.29, 0.717) is 11.6 Å². The highest BCUT2D eigenvalue weighted by atomic mass is 32.2. The van der Waals surface area contributed by atoms with Crippen LogP contribution in [-0.2, 0) is 16.2 Å². The fraction of sp³-hybridized carbons (Fsp3) is 0.0714. The number of sulfonamides is 1. The molecule has 2 aromatic rings. The van der Waals surface area contributed by atoms with E-state index in [9.17, 15) is 26.6 Å². The minimum Gasteiger partial charge on any atom is -0.427 e. The minimum atomic E-state index is -4.94. The molecule has 0 spiro atoms. The van der Waals surface area contributed by atoms with Crippen LogP contribution in [0.1, 0.15) is 11.1 Å². The highest BCUT2D eigenvalue weighted by Gasteiger charge is 2.43. The van der Waals surface area contributed by atoms with Crippen LogP contribution in [0.5, 0.6) is 0 Å². The van der Waals surface area contributed by atoms with Crippen molar-refractivity contribution in [3.8, 4) is 0 Å². The third-order valence-electron chi connectivity index (χ3n) is 3.63. The van der Waals surface area contributed by atoms with Gasteiger partial charge in [0.05, 0.1) is 11.8 Å². The Bertz CT molecular complexity index is 963. The Hall–Kier alpha value is -2.53. The van der Waals surface area contributed by atoms with Crippen LogP contribution in [0.4, 0.5) is 18.9 Å². The first-order valence-corrected chi connectivity index (χ1v) is 8.38. The van der Waals surface area contributed by atoms with Crippen molar-refractivity contribution in [3.05, 3.63) is 53.6 Å². The number of nitrogen functional groups attached to an aromatic ring is 1. The van der Waals surface area contributed by atoms with Gasteiger partial charge in [-0.3, -0.25) is 0 Å². The van der Waals surface area contributed by atoms with E-state index in [2.05, 4.69) is 5.10 Å². The van der Waals surface area contributed by atoms with Gasteiger partial charge in [0.2, 0.25) is 0 Å². The normalized spacial score (nSPS) is 14.6. The predicted molar refractivity (Wildman–Crippen MR) is 86.5 cm³/mol.